The normalized spacial score (nSPS) is 22.8. The van der Waals surface area contributed by atoms with Gasteiger partial charge in [-0.3, -0.25) is 18.6 Å². The first-order valence-corrected chi connectivity index (χ1v) is 12.2. The van der Waals surface area contributed by atoms with Crippen molar-refractivity contribution in [3.8, 4) is 0 Å². The van der Waals surface area contributed by atoms with Gasteiger partial charge in [-0.1, -0.05) is 34.6 Å². The summed E-state index contributed by atoms with van der Waals surface area (Å²) in [6, 6.07) is 0. The van der Waals surface area contributed by atoms with E-state index in [0.717, 1.165) is 11.3 Å². The molecule has 2 rings (SSSR count). The molecule has 1 N–H and O–H groups in total. The number of nitrogens with one attached hydrogen (secondary N) is 1. The molecule has 0 aromatic carbocycles. The highest BCUT2D eigenvalue weighted by Gasteiger charge is 2.49. The van der Waals surface area contributed by atoms with Gasteiger partial charge < -0.3 is 14.8 Å². The molecule has 180 valence electrons. The Bertz CT molecular complexity index is 894. The Balaban J connectivity index is 1.95. The third-order valence-corrected chi connectivity index (χ3v) is 6.64. The van der Waals surface area contributed by atoms with E-state index < -0.39 is 44.0 Å². The lowest BCUT2D eigenvalue weighted by Gasteiger charge is -2.39. The van der Waals surface area contributed by atoms with Crippen LogP contribution in [-0.4, -0.2) is 56.0 Å². The lowest BCUT2D eigenvalue weighted by Crippen LogP contribution is -2.50. The summed E-state index contributed by atoms with van der Waals surface area (Å²) >= 11 is 1.13. The molecule has 2 atom stereocenters. The van der Waals surface area contributed by atoms with Gasteiger partial charge in [0.05, 0.1) is 31.3 Å². The van der Waals surface area contributed by atoms with Crippen LogP contribution in [-0.2, 0) is 42.6 Å². The van der Waals surface area contributed by atoms with Gasteiger partial charge in [0.25, 0.3) is 0 Å². The fraction of sp³-hybridized carbons (Fsp3) is 0.684. The second-order valence-corrected chi connectivity index (χ2v) is 11.2. The molecule has 1 aliphatic heterocycles. The van der Waals surface area contributed by atoms with Gasteiger partial charge in [-0.2, -0.15) is 0 Å². The molecular formula is C19H29N2O9PS. The van der Waals surface area contributed by atoms with Gasteiger partial charge in [0.15, 0.2) is 6.10 Å². The Kier molecular flexibility index (Phi) is 8.57. The van der Waals surface area contributed by atoms with Gasteiger partial charge >= 0.3 is 19.8 Å². The monoisotopic (exact) mass is 492 g/mol. The minimum atomic E-state index is -4.18. The molecule has 0 unspecified atom stereocenters. The van der Waals surface area contributed by atoms with E-state index in [2.05, 4.69) is 15.0 Å². The maximum atomic E-state index is 12.8. The van der Waals surface area contributed by atoms with Crippen molar-refractivity contribution in [2.45, 2.75) is 52.6 Å². The van der Waals surface area contributed by atoms with Crippen molar-refractivity contribution in [3.63, 3.8) is 0 Å². The van der Waals surface area contributed by atoms with E-state index in [9.17, 15) is 18.9 Å². The van der Waals surface area contributed by atoms with Crippen LogP contribution in [0.3, 0.4) is 0 Å². The quantitative estimate of drug-likeness (QED) is 0.327. The van der Waals surface area contributed by atoms with Crippen LogP contribution in [0.4, 0.5) is 0 Å². The molecule has 11 nitrogen and oxygen atoms in total. The van der Waals surface area contributed by atoms with Crippen molar-refractivity contribution in [3.05, 3.63) is 16.1 Å². The SMILES string of the molecule is COC(=O)CCNC(=O)[C@@H]1O[P@@](=O)(OCOC(=O)c2scnc2C(C)(C)C)OCC1(C)C. The molecule has 0 saturated carbocycles. The smallest absolute Gasteiger partial charge is 0.469 e. The number of ether oxygens (including phenoxy) is 2. The molecule has 0 bridgehead atoms. The van der Waals surface area contributed by atoms with E-state index in [1.165, 1.54) is 7.11 Å². The zero-order chi connectivity index (χ0) is 24.2. The Morgan fingerprint density at radius 2 is 2.03 bits per heavy atom. The maximum Gasteiger partial charge on any atom is 0.478 e. The average Bonchev–Trinajstić information content (AvgIpc) is 3.20. The first-order chi connectivity index (χ1) is 14.8. The van der Waals surface area contributed by atoms with E-state index in [-0.39, 0.29) is 25.0 Å². The first kappa shape index (κ1) is 26.4. The highest BCUT2D eigenvalue weighted by molar-refractivity contribution is 7.48. The molecule has 1 amide bonds. The summed E-state index contributed by atoms with van der Waals surface area (Å²) in [5, 5.41) is 2.54. The molecule has 0 aliphatic carbocycles. The highest BCUT2D eigenvalue weighted by atomic mass is 32.1. The van der Waals surface area contributed by atoms with Crippen LogP contribution in [0.1, 0.15) is 56.4 Å². The van der Waals surface area contributed by atoms with E-state index in [0.29, 0.717) is 10.6 Å². The van der Waals surface area contributed by atoms with Crippen LogP contribution in [0.5, 0.6) is 0 Å². The summed E-state index contributed by atoms with van der Waals surface area (Å²) in [6.45, 7) is 8.35. The van der Waals surface area contributed by atoms with Gasteiger partial charge in [0.2, 0.25) is 12.7 Å². The topological polar surface area (TPSA) is 139 Å². The van der Waals surface area contributed by atoms with Gasteiger partial charge in [-0.15, -0.1) is 11.3 Å². The molecule has 13 heteroatoms. The van der Waals surface area contributed by atoms with E-state index >= 15 is 0 Å². The number of phosphoric ester groups is 1. The fourth-order valence-corrected chi connectivity index (χ4v) is 5.11. The van der Waals surface area contributed by atoms with Gasteiger partial charge in [-0.05, 0) is 0 Å². The summed E-state index contributed by atoms with van der Waals surface area (Å²) in [6.07, 6.45) is -1.20. The third-order valence-electron chi connectivity index (χ3n) is 4.50. The molecule has 1 aliphatic rings. The molecule has 0 radical (unpaired) electrons. The first-order valence-electron chi connectivity index (χ1n) is 9.82. The van der Waals surface area contributed by atoms with Crippen LogP contribution in [0.2, 0.25) is 0 Å². The number of hydrogen-bond donors (Lipinski definition) is 1. The average molecular weight is 492 g/mol. The number of carbonyl (C=O) groups excluding carboxylic acids is 3. The molecule has 1 saturated heterocycles. The lowest BCUT2D eigenvalue weighted by atomic mass is 9.87. The zero-order valence-corrected chi connectivity index (χ0v) is 20.7. The van der Waals surface area contributed by atoms with E-state index in [1.807, 2.05) is 20.8 Å². The summed E-state index contributed by atoms with van der Waals surface area (Å²) < 4.78 is 38.1. The molecule has 0 spiro atoms. The molecule has 2 heterocycles. The van der Waals surface area contributed by atoms with Crippen molar-refractivity contribution in [1.29, 1.82) is 0 Å². The summed E-state index contributed by atoms with van der Waals surface area (Å²) in [5.74, 6) is -1.75. The Morgan fingerprint density at radius 1 is 1.34 bits per heavy atom. The van der Waals surface area contributed by atoms with Crippen LogP contribution in [0.25, 0.3) is 0 Å². The largest absolute Gasteiger partial charge is 0.478 e. The Labute approximate surface area is 190 Å². The maximum absolute atomic E-state index is 12.8. The molecular weight excluding hydrogens is 463 g/mol. The molecule has 1 aromatic rings. The lowest BCUT2D eigenvalue weighted by molar-refractivity contribution is -0.144. The Hall–Kier alpha value is -1.85. The van der Waals surface area contributed by atoms with Gasteiger partial charge in [0.1, 0.15) is 4.88 Å². The van der Waals surface area contributed by atoms with Gasteiger partial charge in [0, 0.05) is 17.4 Å². The summed E-state index contributed by atoms with van der Waals surface area (Å²) in [5.41, 5.74) is 0.930. The van der Waals surface area contributed by atoms with Crippen LogP contribution >= 0.6 is 19.2 Å². The number of thiazole rings is 1. The fourth-order valence-electron chi connectivity index (χ4n) is 2.71. The highest BCUT2D eigenvalue weighted by Crippen LogP contribution is 2.57. The molecule has 1 aromatic heterocycles. The summed E-state index contributed by atoms with van der Waals surface area (Å²) in [7, 11) is -2.94. The predicted molar refractivity (Wildman–Crippen MR) is 114 cm³/mol. The number of aromatic nitrogens is 1. The standard InChI is InChI=1S/C19H29N2O9PS/c1-18(2,3)14-13(32-10-21-14)17(24)27-11-29-31(25)28-9-19(4,5)15(30-31)16(23)20-8-7-12(22)26-6/h10,15H,7-9,11H2,1-6H3,(H,20,23)/t15-,31+/m0/s1. The van der Waals surface area contributed by atoms with Crippen molar-refractivity contribution in [2.75, 3.05) is 27.1 Å². The second-order valence-electron chi connectivity index (χ2n) is 8.77. The van der Waals surface area contributed by atoms with Crippen LogP contribution in [0.15, 0.2) is 5.51 Å². The van der Waals surface area contributed by atoms with Crippen molar-refractivity contribution >= 4 is 37.0 Å². The van der Waals surface area contributed by atoms with Crippen molar-refractivity contribution in [1.82, 2.24) is 10.3 Å². The number of phosphoric acid groups is 1. The number of amides is 1. The number of hydrogen-bond acceptors (Lipinski definition) is 11. The minimum absolute atomic E-state index is 0.0237. The van der Waals surface area contributed by atoms with Crippen molar-refractivity contribution < 1.29 is 42.0 Å². The van der Waals surface area contributed by atoms with Crippen molar-refractivity contribution in [2.24, 2.45) is 5.41 Å². The molecule has 32 heavy (non-hydrogen) atoms. The van der Waals surface area contributed by atoms with Crippen LogP contribution in [0, 0.1) is 5.41 Å². The second kappa shape index (κ2) is 10.4. The zero-order valence-electron chi connectivity index (χ0n) is 19.0. The van der Waals surface area contributed by atoms with Crippen LogP contribution < -0.4 is 5.32 Å². The summed E-state index contributed by atoms with van der Waals surface area (Å²) in [4.78, 5) is 40.6. The third kappa shape index (κ3) is 6.82. The Morgan fingerprint density at radius 3 is 2.66 bits per heavy atom. The number of carbonyl (C=O) groups is 3. The number of esters is 2. The van der Waals surface area contributed by atoms with Gasteiger partial charge in [-0.25, -0.2) is 18.9 Å². The number of methoxy groups -OCH3 is 1. The molecule has 1 fully saturated rings. The van der Waals surface area contributed by atoms with E-state index in [4.69, 9.17) is 18.3 Å². The minimum Gasteiger partial charge on any atom is -0.469 e. The number of nitrogens with zero attached hydrogens (tertiary/aromatic N) is 1. The number of rotatable bonds is 8. The predicted octanol–water partition coefficient (Wildman–Crippen LogP) is 2.80. The van der Waals surface area contributed by atoms with E-state index in [1.54, 1.807) is 19.4 Å².